The molecule has 1 aromatic rings. The molecule has 0 bridgehead atoms. The molecule has 0 spiro atoms. The standard InChI is InChI=1S/C12H15ClN2O2.C3H8/c1-12(2,3)17-11(16)15-6-8-4-9(13)5-14-10(8)7-15;1-3-2/h4-5H,6-7H2,1-3H3;3H2,1-2H3. The fourth-order valence-electron chi connectivity index (χ4n) is 1.69. The van der Waals surface area contributed by atoms with E-state index in [1.165, 1.54) is 6.42 Å². The summed E-state index contributed by atoms with van der Waals surface area (Å²) in [6.45, 7) is 10.8. The molecule has 1 amide bonds. The second-order valence-electron chi connectivity index (χ2n) is 5.80. The Morgan fingerprint density at radius 3 is 2.55 bits per heavy atom. The molecule has 0 aromatic carbocycles. The maximum atomic E-state index is 11.9. The number of halogens is 1. The minimum Gasteiger partial charge on any atom is -0.444 e. The smallest absolute Gasteiger partial charge is 0.410 e. The third kappa shape index (κ3) is 5.00. The molecular formula is C15H23ClN2O2. The highest BCUT2D eigenvalue weighted by Crippen LogP contribution is 2.25. The summed E-state index contributed by atoms with van der Waals surface area (Å²) in [6, 6.07) is 1.84. The highest BCUT2D eigenvalue weighted by atomic mass is 35.5. The first-order valence-electron chi connectivity index (χ1n) is 6.88. The third-order valence-electron chi connectivity index (χ3n) is 2.38. The number of hydrogen-bond donors (Lipinski definition) is 0. The molecule has 0 N–H and O–H groups in total. The Hall–Kier alpha value is -1.29. The van der Waals surface area contributed by atoms with Gasteiger partial charge in [-0.3, -0.25) is 9.88 Å². The fourth-order valence-corrected chi connectivity index (χ4v) is 1.87. The highest BCUT2D eigenvalue weighted by Gasteiger charge is 2.28. The first-order chi connectivity index (χ1) is 9.26. The molecule has 0 aliphatic carbocycles. The van der Waals surface area contributed by atoms with Crippen molar-refractivity contribution >= 4 is 17.7 Å². The van der Waals surface area contributed by atoms with Crippen molar-refractivity contribution in [3.63, 3.8) is 0 Å². The summed E-state index contributed by atoms with van der Waals surface area (Å²) in [5.74, 6) is 0. The fraction of sp³-hybridized carbons (Fsp3) is 0.600. The van der Waals surface area contributed by atoms with Gasteiger partial charge in [-0.25, -0.2) is 4.79 Å². The highest BCUT2D eigenvalue weighted by molar-refractivity contribution is 6.30. The Kier molecular flexibility index (Phi) is 5.81. The minimum atomic E-state index is -0.475. The molecule has 112 valence electrons. The molecule has 0 unspecified atom stereocenters. The molecular weight excluding hydrogens is 276 g/mol. The van der Waals surface area contributed by atoms with Crippen LogP contribution in [0.15, 0.2) is 12.3 Å². The van der Waals surface area contributed by atoms with Crippen LogP contribution in [0.4, 0.5) is 4.79 Å². The average Bonchev–Trinajstić information content (AvgIpc) is 2.70. The van der Waals surface area contributed by atoms with Crippen molar-refractivity contribution in [2.75, 3.05) is 0 Å². The van der Waals surface area contributed by atoms with Crippen LogP contribution in [0.3, 0.4) is 0 Å². The zero-order valence-electron chi connectivity index (χ0n) is 12.9. The summed E-state index contributed by atoms with van der Waals surface area (Å²) in [6.07, 6.45) is 2.53. The zero-order chi connectivity index (χ0) is 15.3. The Balaban J connectivity index is 0.000000612. The number of rotatable bonds is 0. The predicted octanol–water partition coefficient (Wildman–Crippen LogP) is 4.40. The van der Waals surface area contributed by atoms with E-state index in [4.69, 9.17) is 16.3 Å². The van der Waals surface area contributed by atoms with Crippen LogP contribution in [0.25, 0.3) is 0 Å². The van der Waals surface area contributed by atoms with Crippen LogP contribution in [-0.2, 0) is 17.8 Å². The largest absolute Gasteiger partial charge is 0.444 e. The van der Waals surface area contributed by atoms with Gasteiger partial charge in [0.1, 0.15) is 5.60 Å². The molecule has 4 nitrogen and oxygen atoms in total. The van der Waals surface area contributed by atoms with Gasteiger partial charge in [0.2, 0.25) is 0 Å². The van der Waals surface area contributed by atoms with E-state index in [1.807, 2.05) is 26.8 Å². The predicted molar refractivity (Wildman–Crippen MR) is 80.7 cm³/mol. The second-order valence-corrected chi connectivity index (χ2v) is 6.24. The van der Waals surface area contributed by atoms with Gasteiger partial charge in [-0.05, 0) is 32.4 Å². The number of carbonyl (C=O) groups is 1. The molecule has 5 heteroatoms. The lowest BCUT2D eigenvalue weighted by Crippen LogP contribution is -2.33. The molecule has 1 aromatic heterocycles. The Morgan fingerprint density at radius 2 is 2.00 bits per heavy atom. The van der Waals surface area contributed by atoms with E-state index in [0.717, 1.165) is 11.3 Å². The summed E-state index contributed by atoms with van der Waals surface area (Å²) in [7, 11) is 0. The Labute approximate surface area is 126 Å². The zero-order valence-corrected chi connectivity index (χ0v) is 13.6. The lowest BCUT2D eigenvalue weighted by molar-refractivity contribution is 0.0240. The number of carbonyl (C=O) groups excluding carboxylic acids is 1. The van der Waals surface area contributed by atoms with E-state index >= 15 is 0 Å². The van der Waals surface area contributed by atoms with Crippen molar-refractivity contribution in [3.8, 4) is 0 Å². The number of aromatic nitrogens is 1. The van der Waals surface area contributed by atoms with Gasteiger partial charge in [-0.1, -0.05) is 31.9 Å². The molecule has 0 atom stereocenters. The summed E-state index contributed by atoms with van der Waals surface area (Å²) in [4.78, 5) is 17.7. The number of amides is 1. The van der Waals surface area contributed by atoms with Crippen molar-refractivity contribution in [3.05, 3.63) is 28.5 Å². The molecule has 2 heterocycles. The average molecular weight is 299 g/mol. The second kappa shape index (κ2) is 6.93. The summed E-state index contributed by atoms with van der Waals surface area (Å²) in [5, 5.41) is 0.592. The number of hydrogen-bond acceptors (Lipinski definition) is 3. The van der Waals surface area contributed by atoms with Gasteiger partial charge >= 0.3 is 6.09 Å². The molecule has 0 fully saturated rings. The van der Waals surface area contributed by atoms with Crippen molar-refractivity contribution in [1.29, 1.82) is 0 Å². The SMILES string of the molecule is CC(C)(C)OC(=O)N1Cc2cc(Cl)cnc2C1.CCC. The van der Waals surface area contributed by atoms with Crippen LogP contribution in [0.2, 0.25) is 5.02 Å². The molecule has 1 aliphatic rings. The van der Waals surface area contributed by atoms with Gasteiger partial charge in [0.05, 0.1) is 23.8 Å². The van der Waals surface area contributed by atoms with E-state index in [0.29, 0.717) is 18.1 Å². The van der Waals surface area contributed by atoms with Crippen molar-refractivity contribution in [2.45, 2.75) is 59.7 Å². The molecule has 2 rings (SSSR count). The Morgan fingerprint density at radius 1 is 1.40 bits per heavy atom. The van der Waals surface area contributed by atoms with Gasteiger partial charge in [-0.15, -0.1) is 0 Å². The quantitative estimate of drug-likeness (QED) is 0.713. The lowest BCUT2D eigenvalue weighted by atomic mass is 10.2. The van der Waals surface area contributed by atoms with Crippen LogP contribution in [0.1, 0.15) is 52.3 Å². The van der Waals surface area contributed by atoms with Gasteiger partial charge in [0.15, 0.2) is 0 Å². The van der Waals surface area contributed by atoms with Gasteiger partial charge in [0.25, 0.3) is 0 Å². The van der Waals surface area contributed by atoms with E-state index in [2.05, 4.69) is 18.8 Å². The van der Waals surface area contributed by atoms with Crippen LogP contribution >= 0.6 is 11.6 Å². The Bertz CT molecular complexity index is 469. The lowest BCUT2D eigenvalue weighted by Gasteiger charge is -2.23. The molecule has 0 radical (unpaired) electrons. The number of pyridine rings is 1. The molecule has 0 saturated carbocycles. The first-order valence-corrected chi connectivity index (χ1v) is 7.25. The normalized spacial score (nSPS) is 13.4. The van der Waals surface area contributed by atoms with Crippen LogP contribution in [0, 0.1) is 0 Å². The summed E-state index contributed by atoms with van der Waals surface area (Å²) in [5.41, 5.74) is 1.40. The summed E-state index contributed by atoms with van der Waals surface area (Å²) < 4.78 is 5.31. The first kappa shape index (κ1) is 16.8. The molecule has 20 heavy (non-hydrogen) atoms. The van der Waals surface area contributed by atoms with E-state index < -0.39 is 5.60 Å². The number of fused-ring (bicyclic) bond motifs is 1. The van der Waals surface area contributed by atoms with Crippen LogP contribution < -0.4 is 0 Å². The van der Waals surface area contributed by atoms with Gasteiger partial charge < -0.3 is 4.74 Å². The van der Waals surface area contributed by atoms with E-state index in [-0.39, 0.29) is 6.09 Å². The van der Waals surface area contributed by atoms with Crippen molar-refractivity contribution < 1.29 is 9.53 Å². The van der Waals surface area contributed by atoms with E-state index in [9.17, 15) is 4.79 Å². The van der Waals surface area contributed by atoms with Crippen molar-refractivity contribution in [2.24, 2.45) is 0 Å². The molecule has 0 saturated heterocycles. The molecule has 1 aliphatic heterocycles. The number of ether oxygens (including phenoxy) is 1. The topological polar surface area (TPSA) is 42.4 Å². The van der Waals surface area contributed by atoms with Crippen LogP contribution in [0.5, 0.6) is 0 Å². The van der Waals surface area contributed by atoms with E-state index in [1.54, 1.807) is 11.1 Å². The maximum absolute atomic E-state index is 11.9. The maximum Gasteiger partial charge on any atom is 0.410 e. The monoisotopic (exact) mass is 298 g/mol. The summed E-state index contributed by atoms with van der Waals surface area (Å²) >= 11 is 5.86. The van der Waals surface area contributed by atoms with Gasteiger partial charge in [-0.2, -0.15) is 0 Å². The number of nitrogens with zero attached hydrogens (tertiary/aromatic N) is 2. The third-order valence-corrected chi connectivity index (χ3v) is 2.59. The van der Waals surface area contributed by atoms with Gasteiger partial charge in [0, 0.05) is 6.20 Å². The minimum absolute atomic E-state index is 0.313. The van der Waals surface area contributed by atoms with Crippen LogP contribution in [-0.4, -0.2) is 21.6 Å². The van der Waals surface area contributed by atoms with Crippen molar-refractivity contribution in [1.82, 2.24) is 9.88 Å².